The van der Waals surface area contributed by atoms with Crippen LogP contribution < -0.4 is 0 Å². The van der Waals surface area contributed by atoms with Gasteiger partial charge in [0.15, 0.2) is 0 Å². The first-order valence-corrected chi connectivity index (χ1v) is 6.43. The van der Waals surface area contributed by atoms with Gasteiger partial charge in [0.1, 0.15) is 0 Å². The van der Waals surface area contributed by atoms with E-state index in [1.807, 2.05) is 0 Å². The van der Waals surface area contributed by atoms with Crippen molar-refractivity contribution in [3.8, 4) is 0 Å². The lowest BCUT2D eigenvalue weighted by Gasteiger charge is -2.40. The van der Waals surface area contributed by atoms with Crippen molar-refractivity contribution < 1.29 is 0 Å². The Hall–Kier alpha value is 0. The molecule has 0 saturated heterocycles. The third-order valence-electron chi connectivity index (χ3n) is 3.98. The van der Waals surface area contributed by atoms with E-state index >= 15 is 0 Å². The highest BCUT2D eigenvalue weighted by Gasteiger charge is 2.33. The molecule has 1 atom stereocenters. The van der Waals surface area contributed by atoms with Crippen molar-refractivity contribution in [2.24, 2.45) is 16.7 Å². The lowest BCUT2D eigenvalue weighted by molar-refractivity contribution is 0.148. The summed E-state index contributed by atoms with van der Waals surface area (Å²) >= 11 is 0. The maximum absolute atomic E-state index is 2.46. The van der Waals surface area contributed by atoms with E-state index in [4.69, 9.17) is 0 Å². The molecule has 0 rings (SSSR count). The first-order valence-electron chi connectivity index (χ1n) is 6.43. The normalized spacial score (nSPS) is 17.2. The van der Waals surface area contributed by atoms with Gasteiger partial charge in [-0.2, -0.15) is 0 Å². The van der Waals surface area contributed by atoms with Crippen LogP contribution in [-0.2, 0) is 0 Å². The van der Waals surface area contributed by atoms with Crippen molar-refractivity contribution in [1.29, 1.82) is 0 Å². The molecule has 0 nitrogen and oxygen atoms in total. The van der Waals surface area contributed by atoms with Crippen molar-refractivity contribution in [3.05, 3.63) is 5.92 Å². The van der Waals surface area contributed by atoms with Crippen molar-refractivity contribution in [1.82, 2.24) is 0 Å². The minimum Gasteiger partial charge on any atom is -0.0649 e. The molecule has 0 aromatic carbocycles. The summed E-state index contributed by atoms with van der Waals surface area (Å²) in [6.45, 7) is 18.8. The summed E-state index contributed by atoms with van der Waals surface area (Å²) in [5.74, 6) is 2.37. The first-order chi connectivity index (χ1) is 6.63. The predicted octanol–water partition coefficient (Wildman–Crippen LogP) is 5.48. The minimum atomic E-state index is 0.389. The molecule has 0 saturated carbocycles. The Kier molecular flexibility index (Phi) is 5.37. The van der Waals surface area contributed by atoms with Gasteiger partial charge in [-0.1, -0.05) is 61.8 Å². The fourth-order valence-corrected chi connectivity index (χ4v) is 2.57. The Morgan fingerprint density at radius 1 is 1.07 bits per heavy atom. The van der Waals surface area contributed by atoms with Crippen molar-refractivity contribution >= 4 is 0 Å². The fourth-order valence-electron chi connectivity index (χ4n) is 2.57. The minimum absolute atomic E-state index is 0.389. The molecular weight excluding hydrogens is 180 g/mol. The Morgan fingerprint density at radius 2 is 1.53 bits per heavy atom. The topological polar surface area (TPSA) is 0 Å². The number of hydrogen-bond acceptors (Lipinski definition) is 0. The maximum atomic E-state index is 2.46. The molecule has 0 aromatic heterocycles. The van der Waals surface area contributed by atoms with Gasteiger partial charge < -0.3 is 0 Å². The predicted molar refractivity (Wildman–Crippen MR) is 70.8 cm³/mol. The Labute approximate surface area is 97.8 Å². The lowest BCUT2D eigenvalue weighted by Crippen LogP contribution is -2.29. The van der Waals surface area contributed by atoms with Crippen LogP contribution in [-0.4, -0.2) is 0 Å². The molecule has 0 fully saturated rings. The number of hydrogen-bond donors (Lipinski definition) is 0. The largest absolute Gasteiger partial charge is 0.0649 e. The fraction of sp³-hybridized carbons (Fsp3) is 0.933. The third kappa shape index (κ3) is 5.04. The second kappa shape index (κ2) is 5.37. The molecule has 0 heteroatoms. The molecule has 0 spiro atoms. The van der Waals surface area contributed by atoms with Gasteiger partial charge in [0, 0.05) is 0 Å². The van der Waals surface area contributed by atoms with E-state index in [9.17, 15) is 0 Å². The van der Waals surface area contributed by atoms with Gasteiger partial charge in [0.2, 0.25) is 0 Å². The Bertz CT molecular complexity index is 176. The van der Waals surface area contributed by atoms with E-state index in [0.29, 0.717) is 10.8 Å². The van der Waals surface area contributed by atoms with Crippen LogP contribution >= 0.6 is 0 Å². The van der Waals surface area contributed by atoms with E-state index in [2.05, 4.69) is 55.4 Å². The molecule has 1 radical (unpaired) electrons. The molecule has 0 bridgehead atoms. The molecule has 0 amide bonds. The first kappa shape index (κ1) is 15.0. The van der Waals surface area contributed by atoms with Crippen LogP contribution in [0.1, 0.15) is 74.7 Å². The summed E-state index contributed by atoms with van der Waals surface area (Å²) in [7, 11) is 0. The molecule has 0 heterocycles. The Balaban J connectivity index is 4.56. The van der Waals surface area contributed by atoms with E-state index in [1.54, 1.807) is 5.92 Å². The molecule has 0 aliphatic rings. The van der Waals surface area contributed by atoms with Gasteiger partial charge in [-0.05, 0) is 35.5 Å². The summed E-state index contributed by atoms with van der Waals surface area (Å²) < 4.78 is 0. The van der Waals surface area contributed by atoms with Crippen LogP contribution in [0.15, 0.2) is 0 Å². The summed E-state index contributed by atoms with van der Waals surface area (Å²) in [6.07, 6.45) is 3.96. The van der Waals surface area contributed by atoms with Gasteiger partial charge >= 0.3 is 0 Å². The van der Waals surface area contributed by atoms with Crippen LogP contribution in [0.25, 0.3) is 0 Å². The number of rotatable bonds is 6. The van der Waals surface area contributed by atoms with Crippen LogP contribution in [0, 0.1) is 22.7 Å². The quantitative estimate of drug-likeness (QED) is 0.546. The van der Waals surface area contributed by atoms with Gasteiger partial charge in [0.25, 0.3) is 0 Å². The smallest absolute Gasteiger partial charge is 0.0246 e. The highest BCUT2D eigenvalue weighted by molar-refractivity contribution is 4.98. The highest BCUT2D eigenvalue weighted by Crippen LogP contribution is 2.44. The van der Waals surface area contributed by atoms with Crippen molar-refractivity contribution in [2.45, 2.75) is 74.7 Å². The van der Waals surface area contributed by atoms with Gasteiger partial charge in [-0.3, -0.25) is 0 Å². The zero-order valence-corrected chi connectivity index (χ0v) is 12.2. The van der Waals surface area contributed by atoms with Crippen molar-refractivity contribution in [2.75, 3.05) is 0 Å². The van der Waals surface area contributed by atoms with Gasteiger partial charge in [-0.15, -0.1) is 0 Å². The Morgan fingerprint density at radius 3 is 1.80 bits per heavy atom. The van der Waals surface area contributed by atoms with E-state index in [0.717, 1.165) is 5.92 Å². The zero-order chi connectivity index (χ0) is 12.3. The van der Waals surface area contributed by atoms with E-state index in [1.165, 1.54) is 19.3 Å². The molecule has 0 N–H and O–H groups in total. The zero-order valence-electron chi connectivity index (χ0n) is 12.2. The average Bonchev–Trinajstić information content (AvgIpc) is 2.01. The van der Waals surface area contributed by atoms with Crippen LogP contribution in [0.2, 0.25) is 0 Å². The van der Waals surface area contributed by atoms with Crippen LogP contribution in [0.5, 0.6) is 0 Å². The summed E-state index contributed by atoms with van der Waals surface area (Å²) in [4.78, 5) is 0. The second-order valence-electron chi connectivity index (χ2n) is 6.82. The summed E-state index contributed by atoms with van der Waals surface area (Å²) in [5.41, 5.74) is 0.897. The highest BCUT2D eigenvalue weighted by atomic mass is 14.4. The van der Waals surface area contributed by atoms with E-state index in [-0.39, 0.29) is 0 Å². The second-order valence-corrected chi connectivity index (χ2v) is 6.82. The van der Waals surface area contributed by atoms with Gasteiger partial charge in [-0.25, -0.2) is 0 Å². The molecule has 1 unspecified atom stereocenters. The maximum Gasteiger partial charge on any atom is -0.0246 e. The standard InChI is InChI=1S/C15H31/c1-9-15(8,10-12(2)3)11-14(6,7)13(4)5/h12H,9-11H2,1-8H3. The summed E-state index contributed by atoms with van der Waals surface area (Å²) in [6, 6.07) is 0. The summed E-state index contributed by atoms with van der Waals surface area (Å²) in [5, 5.41) is 0. The molecule has 0 aliphatic heterocycles. The monoisotopic (exact) mass is 211 g/mol. The van der Waals surface area contributed by atoms with Crippen LogP contribution in [0.4, 0.5) is 0 Å². The average molecular weight is 211 g/mol. The molecule has 15 heavy (non-hydrogen) atoms. The molecule has 0 aliphatic carbocycles. The van der Waals surface area contributed by atoms with Crippen LogP contribution in [0.3, 0.4) is 0 Å². The van der Waals surface area contributed by atoms with Gasteiger partial charge in [0.05, 0.1) is 0 Å². The lowest BCUT2D eigenvalue weighted by atomic mass is 9.65. The van der Waals surface area contributed by atoms with E-state index < -0.39 is 0 Å². The SMILES string of the molecule is CCC(C)(CC(C)C)CC(C)(C)[C](C)C. The molecule has 0 aromatic rings. The third-order valence-corrected chi connectivity index (χ3v) is 3.98. The molecular formula is C15H31. The van der Waals surface area contributed by atoms with Crippen molar-refractivity contribution in [3.63, 3.8) is 0 Å². The molecule has 91 valence electrons.